The van der Waals surface area contributed by atoms with Crippen molar-refractivity contribution in [2.45, 2.75) is 39.0 Å². The molecule has 1 fully saturated rings. The Kier molecular flexibility index (Phi) is 4.10. The second-order valence-corrected chi connectivity index (χ2v) is 4.94. The van der Waals surface area contributed by atoms with Crippen LogP contribution in [0.1, 0.15) is 33.6 Å². The van der Waals surface area contributed by atoms with Crippen molar-refractivity contribution in [2.75, 3.05) is 12.3 Å². The van der Waals surface area contributed by atoms with Crippen LogP contribution in [-0.4, -0.2) is 28.5 Å². The summed E-state index contributed by atoms with van der Waals surface area (Å²) in [6.07, 6.45) is 1.95. The van der Waals surface area contributed by atoms with E-state index in [1.54, 1.807) is 0 Å². The zero-order valence-electron chi connectivity index (χ0n) is 8.75. The van der Waals surface area contributed by atoms with E-state index < -0.39 is 0 Å². The first-order chi connectivity index (χ1) is 6.20. The van der Waals surface area contributed by atoms with Gasteiger partial charge in [-0.15, -0.1) is 11.8 Å². The summed E-state index contributed by atoms with van der Waals surface area (Å²) in [6.45, 7) is 7.26. The highest BCUT2D eigenvalue weighted by molar-refractivity contribution is 8.00. The predicted molar refractivity (Wildman–Crippen MR) is 57.7 cm³/mol. The van der Waals surface area contributed by atoms with Crippen LogP contribution in [0, 0.1) is 5.92 Å². The molecule has 3 heteroatoms. The van der Waals surface area contributed by atoms with Gasteiger partial charge in [-0.25, -0.2) is 0 Å². The van der Waals surface area contributed by atoms with Crippen LogP contribution in [0.4, 0.5) is 0 Å². The van der Waals surface area contributed by atoms with Crippen molar-refractivity contribution >= 4 is 17.7 Å². The molecule has 0 aromatic carbocycles. The van der Waals surface area contributed by atoms with Crippen molar-refractivity contribution in [3.63, 3.8) is 0 Å². The van der Waals surface area contributed by atoms with Crippen LogP contribution in [0.2, 0.25) is 0 Å². The zero-order chi connectivity index (χ0) is 9.84. The van der Waals surface area contributed by atoms with E-state index in [0.29, 0.717) is 11.3 Å². The molecule has 0 saturated carbocycles. The van der Waals surface area contributed by atoms with E-state index in [9.17, 15) is 4.79 Å². The highest BCUT2D eigenvalue weighted by atomic mass is 32.2. The molecule has 0 radical (unpaired) electrons. The summed E-state index contributed by atoms with van der Waals surface area (Å²) >= 11 is 1.88. The average Bonchev–Trinajstić information content (AvgIpc) is 2.53. The first-order valence-electron chi connectivity index (χ1n) is 5.12. The fourth-order valence-corrected chi connectivity index (χ4v) is 2.79. The van der Waals surface area contributed by atoms with Gasteiger partial charge in [-0.1, -0.05) is 13.8 Å². The molecule has 0 bridgehead atoms. The fraction of sp³-hybridized carbons (Fsp3) is 0.900. The number of rotatable bonds is 3. The number of hydrogen-bond acceptors (Lipinski definition) is 2. The maximum atomic E-state index is 11.9. The third-order valence-electron chi connectivity index (χ3n) is 2.75. The number of thioether (sulfide) groups is 1. The average molecular weight is 201 g/mol. The lowest BCUT2D eigenvalue weighted by Crippen LogP contribution is -2.37. The Balaban J connectivity index is 2.54. The molecule has 0 aromatic rings. The molecule has 1 atom stereocenters. The van der Waals surface area contributed by atoms with E-state index in [-0.39, 0.29) is 5.92 Å². The molecule has 1 aliphatic rings. The molecular formula is C10H19NOS. The summed E-state index contributed by atoms with van der Waals surface area (Å²) in [5.74, 6) is 1.72. The van der Waals surface area contributed by atoms with Gasteiger partial charge >= 0.3 is 0 Å². The summed E-state index contributed by atoms with van der Waals surface area (Å²) in [5, 5.41) is 0.396. The van der Waals surface area contributed by atoms with Crippen molar-refractivity contribution in [3.8, 4) is 0 Å². The van der Waals surface area contributed by atoms with E-state index in [2.05, 4.69) is 20.8 Å². The summed E-state index contributed by atoms with van der Waals surface area (Å²) in [5.41, 5.74) is 0. The highest BCUT2D eigenvalue weighted by Gasteiger charge is 2.29. The van der Waals surface area contributed by atoms with Crippen LogP contribution in [-0.2, 0) is 4.79 Å². The molecule has 0 aliphatic carbocycles. The lowest BCUT2D eigenvalue weighted by Gasteiger charge is -2.24. The maximum Gasteiger partial charge on any atom is 0.226 e. The topological polar surface area (TPSA) is 20.3 Å². The van der Waals surface area contributed by atoms with Crippen LogP contribution in [0.25, 0.3) is 0 Å². The third-order valence-corrected chi connectivity index (χ3v) is 3.90. The van der Waals surface area contributed by atoms with Crippen LogP contribution >= 0.6 is 11.8 Å². The number of carbonyl (C=O) groups is 1. The summed E-state index contributed by atoms with van der Waals surface area (Å²) in [4.78, 5) is 14.0. The van der Waals surface area contributed by atoms with Gasteiger partial charge in [-0.2, -0.15) is 0 Å². The minimum absolute atomic E-state index is 0.251. The smallest absolute Gasteiger partial charge is 0.226 e. The van der Waals surface area contributed by atoms with Crippen molar-refractivity contribution in [3.05, 3.63) is 0 Å². The van der Waals surface area contributed by atoms with E-state index in [1.807, 2.05) is 16.7 Å². The molecule has 2 nitrogen and oxygen atoms in total. The van der Waals surface area contributed by atoms with Gasteiger partial charge < -0.3 is 4.90 Å². The Hall–Kier alpha value is -0.180. The molecule has 1 saturated heterocycles. The van der Waals surface area contributed by atoms with Crippen LogP contribution in [0.3, 0.4) is 0 Å². The first-order valence-corrected chi connectivity index (χ1v) is 6.17. The van der Waals surface area contributed by atoms with Gasteiger partial charge in [0, 0.05) is 18.2 Å². The van der Waals surface area contributed by atoms with Crippen LogP contribution < -0.4 is 0 Å². The summed E-state index contributed by atoms with van der Waals surface area (Å²) in [6, 6.07) is 0. The largest absolute Gasteiger partial charge is 0.330 e. The van der Waals surface area contributed by atoms with Crippen molar-refractivity contribution in [2.24, 2.45) is 5.92 Å². The van der Waals surface area contributed by atoms with E-state index in [4.69, 9.17) is 0 Å². The van der Waals surface area contributed by atoms with Crippen molar-refractivity contribution in [1.29, 1.82) is 0 Å². The molecule has 1 heterocycles. The molecule has 76 valence electrons. The normalized spacial score (nSPS) is 22.8. The quantitative estimate of drug-likeness (QED) is 0.698. The SMILES string of the molecule is CCC(CC)C(=O)N1CCSC1C. The Bertz CT molecular complexity index is 180. The Morgan fingerprint density at radius 2 is 2.15 bits per heavy atom. The van der Waals surface area contributed by atoms with E-state index in [0.717, 1.165) is 25.1 Å². The van der Waals surface area contributed by atoms with Crippen molar-refractivity contribution in [1.82, 2.24) is 4.90 Å². The molecule has 0 spiro atoms. The molecule has 1 rings (SSSR count). The lowest BCUT2D eigenvalue weighted by molar-refractivity contribution is -0.135. The molecule has 0 aromatic heterocycles. The highest BCUT2D eigenvalue weighted by Crippen LogP contribution is 2.25. The second kappa shape index (κ2) is 4.89. The van der Waals surface area contributed by atoms with Gasteiger partial charge in [-0.3, -0.25) is 4.79 Å². The van der Waals surface area contributed by atoms with E-state index >= 15 is 0 Å². The number of nitrogens with zero attached hydrogens (tertiary/aromatic N) is 1. The number of hydrogen-bond donors (Lipinski definition) is 0. The summed E-state index contributed by atoms with van der Waals surface area (Å²) < 4.78 is 0. The molecule has 1 aliphatic heterocycles. The predicted octanol–water partition coefficient (Wildman–Crippen LogP) is 2.34. The standard InChI is InChI=1S/C10H19NOS/c1-4-9(5-2)10(12)11-6-7-13-8(11)3/h8-9H,4-7H2,1-3H3. The van der Waals surface area contributed by atoms with Crippen LogP contribution in [0.5, 0.6) is 0 Å². The Morgan fingerprint density at radius 1 is 1.54 bits per heavy atom. The van der Waals surface area contributed by atoms with Crippen molar-refractivity contribution < 1.29 is 4.79 Å². The summed E-state index contributed by atoms with van der Waals surface area (Å²) in [7, 11) is 0. The van der Waals surface area contributed by atoms with Gasteiger partial charge in [-0.05, 0) is 19.8 Å². The minimum atomic E-state index is 0.251. The molecule has 0 N–H and O–H groups in total. The molecule has 13 heavy (non-hydrogen) atoms. The zero-order valence-corrected chi connectivity index (χ0v) is 9.56. The Morgan fingerprint density at radius 3 is 2.54 bits per heavy atom. The second-order valence-electron chi connectivity index (χ2n) is 3.52. The van der Waals surface area contributed by atoms with Gasteiger partial charge in [0.1, 0.15) is 0 Å². The molecule has 1 unspecified atom stereocenters. The Labute approximate surface area is 85.1 Å². The maximum absolute atomic E-state index is 11.9. The van der Waals surface area contributed by atoms with Gasteiger partial charge in [0.2, 0.25) is 5.91 Å². The first kappa shape index (κ1) is 10.9. The number of amides is 1. The number of carbonyl (C=O) groups excluding carboxylic acids is 1. The van der Waals surface area contributed by atoms with E-state index in [1.165, 1.54) is 0 Å². The minimum Gasteiger partial charge on any atom is -0.330 e. The van der Waals surface area contributed by atoms with Gasteiger partial charge in [0.05, 0.1) is 5.37 Å². The molecule has 1 amide bonds. The lowest BCUT2D eigenvalue weighted by atomic mass is 10.0. The van der Waals surface area contributed by atoms with Gasteiger partial charge in [0.15, 0.2) is 0 Å². The molecular weight excluding hydrogens is 182 g/mol. The third kappa shape index (κ3) is 2.39. The fourth-order valence-electron chi connectivity index (χ4n) is 1.76. The van der Waals surface area contributed by atoms with Gasteiger partial charge in [0.25, 0.3) is 0 Å². The van der Waals surface area contributed by atoms with Crippen LogP contribution in [0.15, 0.2) is 0 Å². The monoisotopic (exact) mass is 201 g/mol.